The average Bonchev–Trinajstić information content (AvgIpc) is 2.83. The molecule has 3 N–H and O–H groups in total. The first-order valence-corrected chi connectivity index (χ1v) is 7.87. The van der Waals surface area contributed by atoms with Crippen LogP contribution in [-0.2, 0) is 21.3 Å². The van der Waals surface area contributed by atoms with Gasteiger partial charge in [-0.3, -0.25) is 0 Å². The zero-order chi connectivity index (χ0) is 14.8. The molecule has 7 heteroatoms. The second-order valence-corrected chi connectivity index (χ2v) is 6.81. The predicted molar refractivity (Wildman–Crippen MR) is 75.0 cm³/mol. The van der Waals surface area contributed by atoms with Gasteiger partial charge in [0.1, 0.15) is 10.6 Å². The molecule has 112 valence electrons. The number of ether oxygens (including phenoxy) is 2. The second kappa shape index (κ2) is 5.69. The summed E-state index contributed by atoms with van der Waals surface area (Å²) in [6.45, 7) is 3.02. The summed E-state index contributed by atoms with van der Waals surface area (Å²) in [5.41, 5.74) is 5.72. The van der Waals surface area contributed by atoms with Gasteiger partial charge in [-0.05, 0) is 31.0 Å². The Labute approximate surface area is 119 Å². The summed E-state index contributed by atoms with van der Waals surface area (Å²) in [4.78, 5) is 0.107. The van der Waals surface area contributed by atoms with E-state index < -0.39 is 15.6 Å². The molecule has 0 spiro atoms. The van der Waals surface area contributed by atoms with E-state index in [1.807, 2.05) is 6.92 Å². The topological polar surface area (TPSA) is 90.7 Å². The van der Waals surface area contributed by atoms with Gasteiger partial charge in [0.05, 0.1) is 19.3 Å². The summed E-state index contributed by atoms with van der Waals surface area (Å²) in [5.74, 6) is 0.303. The first-order valence-electron chi connectivity index (χ1n) is 6.39. The normalized spacial score (nSPS) is 22.9. The minimum absolute atomic E-state index is 0.107. The van der Waals surface area contributed by atoms with Crippen LogP contribution in [0.4, 0.5) is 0 Å². The van der Waals surface area contributed by atoms with Gasteiger partial charge in [-0.2, -0.15) is 0 Å². The predicted octanol–water partition coefficient (Wildman–Crippen LogP) is 0.611. The van der Waals surface area contributed by atoms with Gasteiger partial charge in [-0.25, -0.2) is 13.1 Å². The Hall–Kier alpha value is -1.15. The summed E-state index contributed by atoms with van der Waals surface area (Å²) < 4.78 is 38.2. The van der Waals surface area contributed by atoms with Crippen LogP contribution in [0.1, 0.15) is 18.9 Å². The smallest absolute Gasteiger partial charge is 0.244 e. The van der Waals surface area contributed by atoms with Crippen molar-refractivity contribution in [3.8, 4) is 5.75 Å². The molecule has 1 unspecified atom stereocenters. The van der Waals surface area contributed by atoms with E-state index in [4.69, 9.17) is 15.2 Å². The molecule has 1 aromatic carbocycles. The maximum absolute atomic E-state index is 12.6. The molecule has 1 fully saturated rings. The number of hydrogen-bond acceptors (Lipinski definition) is 5. The molecular weight excluding hydrogens is 280 g/mol. The van der Waals surface area contributed by atoms with Crippen LogP contribution in [0.15, 0.2) is 23.1 Å². The number of sulfonamides is 1. The van der Waals surface area contributed by atoms with Crippen LogP contribution in [0.2, 0.25) is 0 Å². The Bertz CT molecular complexity index is 580. The molecular formula is C13H20N2O4S. The number of methoxy groups -OCH3 is 1. The largest absolute Gasteiger partial charge is 0.495 e. The maximum Gasteiger partial charge on any atom is 0.244 e. The summed E-state index contributed by atoms with van der Waals surface area (Å²) in [6, 6.07) is 4.91. The van der Waals surface area contributed by atoms with Crippen LogP contribution >= 0.6 is 0 Å². The lowest BCUT2D eigenvalue weighted by Gasteiger charge is -2.24. The van der Waals surface area contributed by atoms with Crippen molar-refractivity contribution in [2.45, 2.75) is 30.3 Å². The minimum Gasteiger partial charge on any atom is -0.495 e. The van der Waals surface area contributed by atoms with E-state index in [9.17, 15) is 8.42 Å². The van der Waals surface area contributed by atoms with Crippen LogP contribution in [0, 0.1) is 0 Å². The average molecular weight is 300 g/mol. The lowest BCUT2D eigenvalue weighted by molar-refractivity contribution is 0.178. The van der Waals surface area contributed by atoms with E-state index in [0.29, 0.717) is 25.4 Å². The third-order valence-electron chi connectivity index (χ3n) is 3.35. The fourth-order valence-electron chi connectivity index (χ4n) is 2.18. The second-order valence-electron chi connectivity index (χ2n) is 5.16. The van der Waals surface area contributed by atoms with Crippen molar-refractivity contribution in [3.05, 3.63) is 23.8 Å². The van der Waals surface area contributed by atoms with Crippen molar-refractivity contribution < 1.29 is 17.9 Å². The Morgan fingerprint density at radius 3 is 2.80 bits per heavy atom. The van der Waals surface area contributed by atoms with Crippen LogP contribution in [0.25, 0.3) is 0 Å². The molecule has 1 aliphatic rings. The van der Waals surface area contributed by atoms with Gasteiger partial charge in [0.15, 0.2) is 0 Å². The summed E-state index contributed by atoms with van der Waals surface area (Å²) >= 11 is 0. The van der Waals surface area contributed by atoms with Crippen molar-refractivity contribution in [2.75, 3.05) is 20.3 Å². The van der Waals surface area contributed by atoms with E-state index in [1.54, 1.807) is 18.2 Å². The monoisotopic (exact) mass is 300 g/mol. The Balaban J connectivity index is 2.37. The van der Waals surface area contributed by atoms with Gasteiger partial charge in [0.25, 0.3) is 0 Å². The third kappa shape index (κ3) is 3.12. The number of benzene rings is 1. The quantitative estimate of drug-likeness (QED) is 0.831. The molecule has 0 amide bonds. The molecule has 0 radical (unpaired) electrons. The Morgan fingerprint density at radius 1 is 1.50 bits per heavy atom. The maximum atomic E-state index is 12.6. The molecule has 0 bridgehead atoms. The van der Waals surface area contributed by atoms with Crippen LogP contribution < -0.4 is 15.2 Å². The summed E-state index contributed by atoms with van der Waals surface area (Å²) in [5, 5.41) is 0. The van der Waals surface area contributed by atoms with Crippen molar-refractivity contribution in [3.63, 3.8) is 0 Å². The van der Waals surface area contributed by atoms with E-state index in [-0.39, 0.29) is 11.4 Å². The van der Waals surface area contributed by atoms with Crippen molar-refractivity contribution in [1.82, 2.24) is 4.72 Å². The molecule has 1 aliphatic heterocycles. The first kappa shape index (κ1) is 15.2. The number of nitrogens with two attached hydrogens (primary N) is 1. The minimum atomic E-state index is -3.69. The fourth-order valence-corrected chi connectivity index (χ4v) is 3.83. The van der Waals surface area contributed by atoms with Gasteiger partial charge >= 0.3 is 0 Å². The van der Waals surface area contributed by atoms with Gasteiger partial charge in [-0.1, -0.05) is 6.07 Å². The van der Waals surface area contributed by atoms with E-state index in [0.717, 1.165) is 5.56 Å². The number of rotatable bonds is 5. The van der Waals surface area contributed by atoms with E-state index in [2.05, 4.69) is 4.72 Å². The molecule has 20 heavy (non-hydrogen) atoms. The van der Waals surface area contributed by atoms with Gasteiger partial charge in [0.2, 0.25) is 10.0 Å². The van der Waals surface area contributed by atoms with Crippen LogP contribution in [0.5, 0.6) is 5.75 Å². The molecule has 1 atom stereocenters. The van der Waals surface area contributed by atoms with Crippen molar-refractivity contribution in [2.24, 2.45) is 5.73 Å². The lowest BCUT2D eigenvalue weighted by atomic mass is 10.0. The van der Waals surface area contributed by atoms with Crippen LogP contribution in [-0.4, -0.2) is 34.3 Å². The molecule has 1 heterocycles. The first-order chi connectivity index (χ1) is 9.40. The molecule has 0 saturated carbocycles. The zero-order valence-electron chi connectivity index (χ0n) is 11.7. The van der Waals surface area contributed by atoms with Gasteiger partial charge in [-0.15, -0.1) is 0 Å². The Kier molecular flexibility index (Phi) is 4.33. The van der Waals surface area contributed by atoms with Crippen molar-refractivity contribution >= 4 is 10.0 Å². The van der Waals surface area contributed by atoms with Gasteiger partial charge in [0, 0.05) is 13.2 Å². The standard InChI is InChI=1S/C13H20N2O4S/c1-13(5-6-19-9-13)15-20(16,17)12-7-10(8-14)3-4-11(12)18-2/h3-4,7,15H,5-6,8-9,14H2,1-2H3. The summed E-state index contributed by atoms with van der Waals surface area (Å²) in [7, 11) is -2.25. The molecule has 2 rings (SSSR count). The zero-order valence-corrected chi connectivity index (χ0v) is 12.5. The molecule has 1 saturated heterocycles. The molecule has 0 aliphatic carbocycles. The highest BCUT2D eigenvalue weighted by atomic mass is 32.2. The van der Waals surface area contributed by atoms with E-state index >= 15 is 0 Å². The highest BCUT2D eigenvalue weighted by Gasteiger charge is 2.35. The highest BCUT2D eigenvalue weighted by molar-refractivity contribution is 7.89. The molecule has 1 aromatic rings. The van der Waals surface area contributed by atoms with Crippen LogP contribution in [0.3, 0.4) is 0 Å². The van der Waals surface area contributed by atoms with Gasteiger partial charge < -0.3 is 15.2 Å². The highest BCUT2D eigenvalue weighted by Crippen LogP contribution is 2.27. The van der Waals surface area contributed by atoms with Crippen molar-refractivity contribution in [1.29, 1.82) is 0 Å². The molecule has 0 aromatic heterocycles. The number of hydrogen-bond donors (Lipinski definition) is 2. The fraction of sp³-hybridized carbons (Fsp3) is 0.538. The number of nitrogens with one attached hydrogen (secondary N) is 1. The SMILES string of the molecule is COc1ccc(CN)cc1S(=O)(=O)NC1(C)CCOC1. The Morgan fingerprint density at radius 2 is 2.25 bits per heavy atom. The lowest BCUT2D eigenvalue weighted by Crippen LogP contribution is -2.46. The molecule has 6 nitrogen and oxygen atoms in total. The van der Waals surface area contributed by atoms with E-state index in [1.165, 1.54) is 7.11 Å². The third-order valence-corrected chi connectivity index (χ3v) is 5.01. The summed E-state index contributed by atoms with van der Waals surface area (Å²) in [6.07, 6.45) is 0.644.